The van der Waals surface area contributed by atoms with Crippen LogP contribution in [0.15, 0.2) is 47.6 Å². The molecule has 2 heterocycles. The molecule has 1 aliphatic carbocycles. The minimum absolute atomic E-state index is 0.000710. The summed E-state index contributed by atoms with van der Waals surface area (Å²) in [5.74, 6) is -3.36. The number of nitrogens with one attached hydrogen (secondary N) is 1. The summed E-state index contributed by atoms with van der Waals surface area (Å²) in [6.07, 6.45) is 11.4. The van der Waals surface area contributed by atoms with Crippen molar-refractivity contribution >= 4 is 40.1 Å². The first kappa shape index (κ1) is 40.8. The second kappa shape index (κ2) is 15.0. The van der Waals surface area contributed by atoms with Gasteiger partial charge in [0.2, 0.25) is 5.78 Å². The summed E-state index contributed by atoms with van der Waals surface area (Å²) in [5, 5.41) is 2.59. The molecule has 2 aliphatic heterocycles. The average molecular weight is 688 g/mol. The fourth-order valence-electron chi connectivity index (χ4n) is 5.11. The normalized spacial score (nSPS) is 32.3. The highest BCUT2D eigenvalue weighted by Crippen LogP contribution is 2.41. The molecule has 0 aromatic carbocycles. The van der Waals surface area contributed by atoms with Crippen LogP contribution in [-0.2, 0) is 32.8 Å². The molecule has 3 aliphatic rings. The molecular weight excluding hydrogens is 627 g/mol. The van der Waals surface area contributed by atoms with Gasteiger partial charge in [0.25, 0.3) is 5.91 Å². The summed E-state index contributed by atoms with van der Waals surface area (Å²) in [7, 11) is -4.41. The largest absolute Gasteiger partial charge is 0.461 e. The second-order valence-electron chi connectivity index (χ2n) is 16.7. The first-order valence-corrected chi connectivity index (χ1v) is 22.7. The molecule has 2 bridgehead atoms. The highest BCUT2D eigenvalue weighted by molar-refractivity contribution is 6.74. The van der Waals surface area contributed by atoms with Gasteiger partial charge in [-0.15, -0.1) is 0 Å². The van der Waals surface area contributed by atoms with Gasteiger partial charge in [-0.1, -0.05) is 96.1 Å². The number of amides is 1. The minimum atomic E-state index is -2.26. The highest BCUT2D eigenvalue weighted by atomic mass is 28.4. The van der Waals surface area contributed by atoms with Gasteiger partial charge in [-0.2, -0.15) is 0 Å². The van der Waals surface area contributed by atoms with E-state index in [1.807, 2.05) is 38.2 Å². The molecule has 1 amide bonds. The molecule has 1 saturated heterocycles. The number of fused-ring (bicyclic) bond motifs is 10. The third-order valence-electron chi connectivity index (χ3n) is 10.6. The minimum Gasteiger partial charge on any atom is -0.461 e. The molecule has 1 fully saturated rings. The van der Waals surface area contributed by atoms with Crippen molar-refractivity contribution in [3.05, 3.63) is 47.6 Å². The van der Waals surface area contributed by atoms with E-state index in [0.717, 1.165) is 12.5 Å². The quantitative estimate of drug-likeness (QED) is 0.132. The number of ether oxygens (including phenoxy) is 1. The number of carbonyl (C=O) groups is 4. The molecule has 1 N–H and O–H groups in total. The van der Waals surface area contributed by atoms with Gasteiger partial charge in [-0.05, 0) is 63.5 Å². The van der Waals surface area contributed by atoms with E-state index < -0.39 is 63.9 Å². The number of esters is 1. The molecular formula is C37H61NO7Si2. The summed E-state index contributed by atoms with van der Waals surface area (Å²) < 4.78 is 19.7. The van der Waals surface area contributed by atoms with Crippen LogP contribution in [0, 0.1) is 11.3 Å². The van der Waals surface area contributed by atoms with Crippen molar-refractivity contribution in [2.24, 2.45) is 11.3 Å². The maximum Gasteiger partial charge on any atom is 0.322 e. The molecule has 8 nitrogen and oxygen atoms in total. The Morgan fingerprint density at radius 1 is 0.894 bits per heavy atom. The Morgan fingerprint density at radius 3 is 1.89 bits per heavy atom. The Balaban J connectivity index is 2.76. The van der Waals surface area contributed by atoms with E-state index in [4.69, 9.17) is 13.6 Å². The topological polar surface area (TPSA) is 108 Å². The van der Waals surface area contributed by atoms with E-state index in [1.165, 1.54) is 6.92 Å². The number of allylic oxidation sites excluding steroid dienone is 4. The number of Topliss-reactive ketones (excluding diaryl/α,β-unsaturated/α-hetero) is 2. The molecule has 47 heavy (non-hydrogen) atoms. The Morgan fingerprint density at radius 2 is 1.38 bits per heavy atom. The zero-order valence-corrected chi connectivity index (χ0v) is 33.6. The van der Waals surface area contributed by atoms with Gasteiger partial charge in [0.05, 0.1) is 24.2 Å². The molecule has 0 spiro atoms. The van der Waals surface area contributed by atoms with Crippen molar-refractivity contribution in [3.8, 4) is 0 Å². The lowest BCUT2D eigenvalue weighted by atomic mass is 9.69. The maximum absolute atomic E-state index is 14.2. The van der Waals surface area contributed by atoms with E-state index in [0.29, 0.717) is 18.4 Å². The highest BCUT2D eigenvalue weighted by Gasteiger charge is 2.56. The van der Waals surface area contributed by atoms with Gasteiger partial charge < -0.3 is 18.9 Å². The van der Waals surface area contributed by atoms with Gasteiger partial charge in [0, 0.05) is 13.3 Å². The van der Waals surface area contributed by atoms with Crippen LogP contribution < -0.4 is 5.32 Å². The zero-order chi connectivity index (χ0) is 36.3. The van der Waals surface area contributed by atoms with Gasteiger partial charge in [-0.25, -0.2) is 0 Å². The van der Waals surface area contributed by atoms with Crippen LogP contribution >= 0.6 is 0 Å². The Kier molecular flexibility index (Phi) is 13.0. The third-order valence-corrected chi connectivity index (χ3v) is 19.6. The first-order valence-electron chi connectivity index (χ1n) is 16.9. The van der Waals surface area contributed by atoms with Crippen molar-refractivity contribution in [3.63, 3.8) is 0 Å². The zero-order valence-electron chi connectivity index (χ0n) is 31.6. The van der Waals surface area contributed by atoms with Gasteiger partial charge in [0.1, 0.15) is 11.5 Å². The Hall–Kier alpha value is -2.41. The third kappa shape index (κ3) is 10.1. The standard InChI is InChI=1S/C37H61NO7Si2/c1-24-16-19-28(44-46(12,13)35(5,6)7)20-18-25(2)22-31(38-33(41)27(4)39)37(11)32(40)26(3)30(43-34(37)42)23-29(21-17-24)45-47(14,15)36(8,9)10/h16-18,20-22,26,28-31H,19,23H2,1-15H3,(H,38,41)/b20-18+,21-17+,24-16+,25-22+/t26-,28+,29-,30-,31-,37+/m1/s1. The van der Waals surface area contributed by atoms with E-state index in [9.17, 15) is 19.2 Å². The fraction of sp³-hybridized carbons (Fsp3) is 0.676. The van der Waals surface area contributed by atoms with Crippen LogP contribution in [0.1, 0.15) is 89.0 Å². The van der Waals surface area contributed by atoms with E-state index in [2.05, 4.69) is 79.1 Å². The van der Waals surface area contributed by atoms with Crippen LogP contribution in [0.3, 0.4) is 0 Å². The molecule has 10 heteroatoms. The van der Waals surface area contributed by atoms with Crippen LogP contribution in [0.25, 0.3) is 0 Å². The number of carbonyl (C=O) groups excluding carboxylic acids is 4. The van der Waals surface area contributed by atoms with Gasteiger partial charge >= 0.3 is 5.97 Å². The summed E-state index contributed by atoms with van der Waals surface area (Å²) in [4.78, 5) is 52.8. The maximum atomic E-state index is 14.2. The summed E-state index contributed by atoms with van der Waals surface area (Å²) >= 11 is 0. The van der Waals surface area contributed by atoms with E-state index >= 15 is 0 Å². The van der Waals surface area contributed by atoms with Crippen molar-refractivity contribution in [2.75, 3.05) is 0 Å². The Labute approximate surface area is 286 Å². The van der Waals surface area contributed by atoms with Gasteiger partial charge in [-0.3, -0.25) is 19.2 Å². The van der Waals surface area contributed by atoms with Crippen molar-refractivity contribution < 1.29 is 32.8 Å². The van der Waals surface area contributed by atoms with Crippen LogP contribution in [0.5, 0.6) is 0 Å². The van der Waals surface area contributed by atoms with Crippen molar-refractivity contribution in [2.45, 2.75) is 150 Å². The van der Waals surface area contributed by atoms with Gasteiger partial charge in [0.15, 0.2) is 22.4 Å². The molecule has 0 aromatic heterocycles. The van der Waals surface area contributed by atoms with Crippen LogP contribution in [0.2, 0.25) is 36.3 Å². The van der Waals surface area contributed by atoms with E-state index in [-0.39, 0.29) is 22.0 Å². The van der Waals surface area contributed by atoms with Crippen LogP contribution in [-0.4, -0.2) is 64.4 Å². The second-order valence-corrected chi connectivity index (χ2v) is 26.2. The monoisotopic (exact) mass is 687 g/mol. The Bertz CT molecular complexity index is 1330. The molecule has 6 atom stereocenters. The number of rotatable bonds is 6. The number of hydrogen-bond donors (Lipinski definition) is 1. The lowest BCUT2D eigenvalue weighted by Crippen LogP contribution is -2.61. The fourth-order valence-corrected chi connectivity index (χ4v) is 7.68. The first-order chi connectivity index (χ1) is 21.2. The lowest BCUT2D eigenvalue weighted by molar-refractivity contribution is -0.181. The summed E-state index contributed by atoms with van der Waals surface area (Å²) in [6, 6.07) is -1.11. The molecule has 0 saturated carbocycles. The summed E-state index contributed by atoms with van der Waals surface area (Å²) in [6.45, 7) is 30.2. The molecule has 0 radical (unpaired) electrons. The van der Waals surface area contributed by atoms with Crippen molar-refractivity contribution in [1.29, 1.82) is 0 Å². The number of hydrogen-bond acceptors (Lipinski definition) is 7. The van der Waals surface area contributed by atoms with E-state index in [1.54, 1.807) is 13.0 Å². The average Bonchev–Trinajstić information content (AvgIpc) is 2.92. The summed E-state index contributed by atoms with van der Waals surface area (Å²) in [5.41, 5.74) is 0.00395. The SMILES string of the molecule is CC(=O)C(=O)N[C@@H]1/C=C(C)/C=C/[C@@H](O[Si](C)(C)C(C)(C)C)C/C=C(C)/C=C/[C@@H](O[Si](C)(C)C(C)(C)C)C[C@H]2OC(=O)[C@]1(C)C(=O)[C@@H]2C. The lowest BCUT2D eigenvalue weighted by Gasteiger charge is -2.44. The number of ketones is 2. The molecule has 3 rings (SSSR count). The predicted molar refractivity (Wildman–Crippen MR) is 194 cm³/mol. The molecule has 0 aromatic rings. The smallest absolute Gasteiger partial charge is 0.322 e. The molecule has 264 valence electrons. The van der Waals surface area contributed by atoms with Crippen LogP contribution in [0.4, 0.5) is 0 Å². The predicted octanol–water partition coefficient (Wildman–Crippen LogP) is 7.78. The van der Waals surface area contributed by atoms with Crippen molar-refractivity contribution in [1.82, 2.24) is 5.32 Å². The molecule has 0 unspecified atom stereocenters.